The fraction of sp³-hybridized carbons (Fsp3) is 0.583. The molecular weight excluding hydrogens is 404 g/mol. The molecule has 0 N–H and O–H groups in total. The number of fused-ring (bicyclic) bond motifs is 1. The second-order valence-corrected chi connectivity index (χ2v) is 9.28. The van der Waals surface area contributed by atoms with Crippen molar-refractivity contribution in [1.82, 2.24) is 29.4 Å². The van der Waals surface area contributed by atoms with E-state index in [1.807, 2.05) is 31.7 Å². The number of hydrogen-bond donors (Lipinski definition) is 0. The number of piperidine rings is 1. The molecule has 1 saturated carbocycles. The number of ether oxygens (including phenoxy) is 1. The van der Waals surface area contributed by atoms with Crippen LogP contribution >= 0.6 is 0 Å². The number of methoxy groups -OCH3 is 1. The first-order valence-corrected chi connectivity index (χ1v) is 11.8. The Balaban J connectivity index is 1.27. The van der Waals surface area contributed by atoms with Gasteiger partial charge < -0.3 is 14.2 Å². The van der Waals surface area contributed by atoms with Gasteiger partial charge in [-0.05, 0) is 44.6 Å². The highest BCUT2D eigenvalue weighted by atomic mass is 16.5. The van der Waals surface area contributed by atoms with Crippen LogP contribution in [-0.2, 0) is 16.1 Å². The summed E-state index contributed by atoms with van der Waals surface area (Å²) in [7, 11) is 1.71. The molecule has 2 aromatic rings. The number of likely N-dealkylation sites (tertiary alicyclic amines) is 1. The molecule has 1 aliphatic heterocycles. The van der Waals surface area contributed by atoms with E-state index in [4.69, 9.17) is 4.74 Å². The summed E-state index contributed by atoms with van der Waals surface area (Å²) in [6, 6.07) is 0.465. The molecule has 1 amide bonds. The number of allylic oxidation sites excluding steroid dienone is 2. The van der Waals surface area contributed by atoms with Gasteiger partial charge in [0.25, 0.3) is 0 Å². The lowest BCUT2D eigenvalue weighted by atomic mass is 9.78. The first-order valence-electron chi connectivity index (χ1n) is 11.8. The van der Waals surface area contributed by atoms with E-state index in [9.17, 15) is 4.79 Å². The summed E-state index contributed by atoms with van der Waals surface area (Å²) in [5.74, 6) is 0.847. The van der Waals surface area contributed by atoms with Gasteiger partial charge in [-0.2, -0.15) is 0 Å². The second kappa shape index (κ2) is 9.02. The molecule has 1 saturated heterocycles. The quantitative estimate of drug-likeness (QED) is 0.719. The SMILES string of the molecule is COC1C=C(c2cn(CC(=O)N3CCCC4CCCCC43)nn2)C=CC1n1cnc(C)c1. The number of nitrogens with zero attached hydrogens (tertiary/aromatic N) is 6. The van der Waals surface area contributed by atoms with Crippen LogP contribution in [0.4, 0.5) is 0 Å². The minimum absolute atomic E-state index is 0.0455. The largest absolute Gasteiger partial charge is 0.375 e. The molecule has 0 bridgehead atoms. The van der Waals surface area contributed by atoms with Crippen LogP contribution in [-0.4, -0.2) is 61.2 Å². The summed E-state index contributed by atoms with van der Waals surface area (Å²) < 4.78 is 9.46. The number of hydrogen-bond acceptors (Lipinski definition) is 5. The minimum Gasteiger partial charge on any atom is -0.375 e. The first kappa shape index (κ1) is 21.1. The van der Waals surface area contributed by atoms with Gasteiger partial charge in [0.1, 0.15) is 18.3 Å². The summed E-state index contributed by atoms with van der Waals surface area (Å²) in [4.78, 5) is 19.5. The Morgan fingerprint density at radius 1 is 1.19 bits per heavy atom. The standard InChI is InChI=1S/C24H32N6O2/c1-17-13-28(16-25-17)22-10-9-19(12-23(22)32-2)20-14-29(27-26-20)15-24(31)30-11-5-7-18-6-3-4-8-21(18)30/h9-10,12-14,16,18,21-23H,3-8,11,15H2,1-2H3. The van der Waals surface area contributed by atoms with Crippen molar-refractivity contribution >= 4 is 11.5 Å². The van der Waals surface area contributed by atoms with Gasteiger partial charge in [-0.1, -0.05) is 30.2 Å². The van der Waals surface area contributed by atoms with Crippen LogP contribution in [0.25, 0.3) is 5.57 Å². The van der Waals surface area contributed by atoms with Crippen molar-refractivity contribution in [3.63, 3.8) is 0 Å². The van der Waals surface area contributed by atoms with Gasteiger partial charge in [-0.25, -0.2) is 9.67 Å². The van der Waals surface area contributed by atoms with Gasteiger partial charge in [-0.15, -0.1) is 5.10 Å². The van der Waals surface area contributed by atoms with Crippen LogP contribution < -0.4 is 0 Å². The maximum Gasteiger partial charge on any atom is 0.244 e. The average Bonchev–Trinajstić information content (AvgIpc) is 3.47. The van der Waals surface area contributed by atoms with Crippen LogP contribution in [0.2, 0.25) is 0 Å². The molecule has 5 rings (SSSR count). The van der Waals surface area contributed by atoms with Crippen LogP contribution in [0.15, 0.2) is 36.9 Å². The zero-order valence-electron chi connectivity index (χ0n) is 18.9. The molecule has 0 radical (unpaired) electrons. The normalized spacial score (nSPS) is 27.8. The molecule has 2 fully saturated rings. The summed E-state index contributed by atoms with van der Waals surface area (Å²) >= 11 is 0. The molecule has 32 heavy (non-hydrogen) atoms. The Bertz CT molecular complexity index is 1020. The summed E-state index contributed by atoms with van der Waals surface area (Å²) in [5, 5.41) is 8.59. The summed E-state index contributed by atoms with van der Waals surface area (Å²) in [6.07, 6.45) is 19.1. The van der Waals surface area contributed by atoms with Gasteiger partial charge in [0, 0.05) is 31.5 Å². The topological polar surface area (TPSA) is 78.1 Å². The molecule has 2 aliphatic carbocycles. The third-order valence-corrected chi connectivity index (χ3v) is 7.20. The predicted octanol–water partition coefficient (Wildman–Crippen LogP) is 3.17. The van der Waals surface area contributed by atoms with Crippen molar-refractivity contribution in [3.05, 3.63) is 48.3 Å². The van der Waals surface area contributed by atoms with Crippen molar-refractivity contribution in [2.45, 2.75) is 70.2 Å². The fourth-order valence-electron chi connectivity index (χ4n) is 5.57. The van der Waals surface area contributed by atoms with E-state index in [1.54, 1.807) is 11.8 Å². The number of rotatable bonds is 5. The number of amides is 1. The van der Waals surface area contributed by atoms with E-state index in [2.05, 4.69) is 36.9 Å². The van der Waals surface area contributed by atoms with E-state index < -0.39 is 0 Å². The van der Waals surface area contributed by atoms with Crippen LogP contribution in [0.1, 0.15) is 56.0 Å². The van der Waals surface area contributed by atoms with Crippen molar-refractivity contribution in [1.29, 1.82) is 0 Å². The molecule has 4 unspecified atom stereocenters. The van der Waals surface area contributed by atoms with Gasteiger partial charge in [-0.3, -0.25) is 4.79 Å². The highest BCUT2D eigenvalue weighted by Gasteiger charge is 2.35. The number of carbonyl (C=O) groups excluding carboxylic acids is 1. The van der Waals surface area contributed by atoms with E-state index in [-0.39, 0.29) is 24.6 Å². The molecular formula is C24H32N6O2. The second-order valence-electron chi connectivity index (χ2n) is 9.28. The van der Waals surface area contributed by atoms with Crippen LogP contribution in [0.5, 0.6) is 0 Å². The first-order chi connectivity index (χ1) is 15.6. The fourth-order valence-corrected chi connectivity index (χ4v) is 5.57. The van der Waals surface area contributed by atoms with Gasteiger partial charge in [0.2, 0.25) is 5.91 Å². The van der Waals surface area contributed by atoms with Crippen LogP contribution in [0.3, 0.4) is 0 Å². The van der Waals surface area contributed by atoms with Crippen molar-refractivity contribution in [2.24, 2.45) is 5.92 Å². The van der Waals surface area contributed by atoms with E-state index in [0.717, 1.165) is 36.3 Å². The molecule has 170 valence electrons. The van der Waals surface area contributed by atoms with E-state index >= 15 is 0 Å². The Labute approximate surface area is 188 Å². The van der Waals surface area contributed by atoms with Gasteiger partial charge >= 0.3 is 0 Å². The molecule has 2 aromatic heterocycles. The summed E-state index contributed by atoms with van der Waals surface area (Å²) in [6.45, 7) is 3.10. The zero-order valence-corrected chi connectivity index (χ0v) is 18.9. The number of carbonyl (C=O) groups is 1. The van der Waals surface area contributed by atoms with E-state index in [0.29, 0.717) is 12.0 Å². The van der Waals surface area contributed by atoms with Crippen molar-refractivity contribution in [3.8, 4) is 0 Å². The molecule has 3 heterocycles. The summed E-state index contributed by atoms with van der Waals surface area (Å²) in [5.41, 5.74) is 2.68. The van der Waals surface area contributed by atoms with Crippen molar-refractivity contribution in [2.75, 3.05) is 13.7 Å². The minimum atomic E-state index is -0.132. The molecule has 8 nitrogen and oxygen atoms in total. The molecule has 3 aliphatic rings. The van der Waals surface area contributed by atoms with Crippen molar-refractivity contribution < 1.29 is 9.53 Å². The molecule has 8 heteroatoms. The lowest BCUT2D eigenvalue weighted by molar-refractivity contribution is -0.138. The third-order valence-electron chi connectivity index (χ3n) is 7.20. The highest BCUT2D eigenvalue weighted by Crippen LogP contribution is 2.35. The Morgan fingerprint density at radius 2 is 2.03 bits per heavy atom. The maximum atomic E-state index is 13.1. The Hall–Kier alpha value is -2.74. The molecule has 0 aromatic carbocycles. The lowest BCUT2D eigenvalue weighted by Gasteiger charge is -2.44. The van der Waals surface area contributed by atoms with Gasteiger partial charge in [0.05, 0.1) is 24.3 Å². The third kappa shape index (κ3) is 4.16. The predicted molar refractivity (Wildman–Crippen MR) is 121 cm³/mol. The number of aryl methyl sites for hydroxylation is 1. The molecule has 4 atom stereocenters. The lowest BCUT2D eigenvalue weighted by Crippen LogP contribution is -2.50. The molecule has 0 spiro atoms. The number of aromatic nitrogens is 5. The van der Waals surface area contributed by atoms with Crippen LogP contribution in [0, 0.1) is 12.8 Å². The maximum absolute atomic E-state index is 13.1. The Morgan fingerprint density at radius 3 is 2.84 bits per heavy atom. The highest BCUT2D eigenvalue weighted by molar-refractivity contribution is 5.77. The number of imidazole rings is 1. The smallest absolute Gasteiger partial charge is 0.244 e. The monoisotopic (exact) mass is 436 g/mol. The average molecular weight is 437 g/mol. The zero-order chi connectivity index (χ0) is 22.1. The van der Waals surface area contributed by atoms with E-state index in [1.165, 1.54) is 25.7 Å². The Kier molecular flexibility index (Phi) is 5.95. The van der Waals surface area contributed by atoms with Gasteiger partial charge in [0.15, 0.2) is 0 Å².